The zero-order chi connectivity index (χ0) is 19.2. The van der Waals surface area contributed by atoms with Crippen LogP contribution in [0, 0.1) is 15.9 Å². The number of nitro benzene ring substituents is 1. The molecule has 27 heavy (non-hydrogen) atoms. The predicted molar refractivity (Wildman–Crippen MR) is 98.9 cm³/mol. The smallest absolute Gasteiger partial charge is 0.410 e. The first-order valence-corrected chi connectivity index (χ1v) is 7.86. The van der Waals surface area contributed by atoms with Gasteiger partial charge in [0, 0.05) is 11.4 Å². The fraction of sp³-hybridized carbons (Fsp3) is 0. The van der Waals surface area contributed by atoms with Crippen LogP contribution >= 0.6 is 0 Å². The van der Waals surface area contributed by atoms with Crippen LogP contribution in [0.1, 0.15) is 0 Å². The highest BCUT2D eigenvalue weighted by Crippen LogP contribution is 2.26. The first-order valence-electron chi connectivity index (χ1n) is 7.86. The van der Waals surface area contributed by atoms with Gasteiger partial charge in [0.05, 0.1) is 11.0 Å². The van der Waals surface area contributed by atoms with Crippen molar-refractivity contribution in [3.63, 3.8) is 0 Å². The van der Waals surface area contributed by atoms with Gasteiger partial charge in [-0.3, -0.25) is 15.4 Å². The maximum absolute atomic E-state index is 13.1. The quantitative estimate of drug-likeness (QED) is 0.484. The van der Waals surface area contributed by atoms with E-state index in [1.54, 1.807) is 24.3 Å². The highest BCUT2D eigenvalue weighted by molar-refractivity contribution is 5.89. The fourth-order valence-corrected chi connectivity index (χ4v) is 2.30. The molecule has 0 aromatic heterocycles. The van der Waals surface area contributed by atoms with Crippen LogP contribution in [0.4, 0.5) is 31.9 Å². The predicted octanol–water partition coefficient (Wildman–Crippen LogP) is 5.09. The molecule has 0 bridgehead atoms. The number of ether oxygens (including phenoxy) is 1. The molecule has 0 unspecified atom stereocenters. The Hall–Kier alpha value is -3.94. The second kappa shape index (κ2) is 7.96. The van der Waals surface area contributed by atoms with Gasteiger partial charge in [-0.2, -0.15) is 0 Å². The van der Waals surface area contributed by atoms with Gasteiger partial charge < -0.3 is 10.1 Å². The highest BCUT2D eigenvalue weighted by atomic mass is 19.1. The lowest BCUT2D eigenvalue weighted by Gasteiger charge is -2.09. The lowest BCUT2D eigenvalue weighted by Crippen LogP contribution is -2.17. The Labute approximate surface area is 153 Å². The number of benzene rings is 3. The van der Waals surface area contributed by atoms with E-state index >= 15 is 0 Å². The summed E-state index contributed by atoms with van der Waals surface area (Å²) in [4.78, 5) is 22.1. The van der Waals surface area contributed by atoms with Crippen molar-refractivity contribution in [3.05, 3.63) is 88.7 Å². The van der Waals surface area contributed by atoms with Crippen LogP contribution in [0.25, 0.3) is 0 Å². The maximum Gasteiger partial charge on any atom is 0.417 e. The van der Waals surface area contributed by atoms with E-state index in [0.29, 0.717) is 0 Å². The molecule has 0 heterocycles. The molecule has 136 valence electrons. The Balaban J connectivity index is 1.64. The summed E-state index contributed by atoms with van der Waals surface area (Å²) < 4.78 is 18.2. The van der Waals surface area contributed by atoms with Gasteiger partial charge in [0.25, 0.3) is 5.69 Å². The molecule has 0 aliphatic heterocycles. The van der Waals surface area contributed by atoms with Crippen molar-refractivity contribution in [2.75, 3.05) is 10.6 Å². The molecule has 0 spiro atoms. The Morgan fingerprint density at radius 2 is 1.63 bits per heavy atom. The third-order valence-electron chi connectivity index (χ3n) is 3.52. The summed E-state index contributed by atoms with van der Waals surface area (Å²) in [6, 6.07) is 18.9. The molecular formula is C19H14FN3O4. The van der Waals surface area contributed by atoms with Crippen molar-refractivity contribution >= 4 is 28.8 Å². The van der Waals surface area contributed by atoms with Crippen LogP contribution in [0.3, 0.4) is 0 Å². The van der Waals surface area contributed by atoms with E-state index in [-0.39, 0.29) is 11.4 Å². The van der Waals surface area contributed by atoms with E-state index in [1.807, 2.05) is 30.3 Å². The minimum atomic E-state index is -0.923. The molecule has 0 radical (unpaired) electrons. The number of amides is 1. The van der Waals surface area contributed by atoms with Gasteiger partial charge in [-0.25, -0.2) is 9.18 Å². The van der Waals surface area contributed by atoms with Crippen molar-refractivity contribution in [1.82, 2.24) is 0 Å². The highest BCUT2D eigenvalue weighted by Gasteiger charge is 2.17. The standard InChI is InChI=1S/C19H14FN3O4/c20-13-6-11-17(18(12-13)23(25)26)22-19(24)27-16-9-7-15(8-10-16)21-14-4-2-1-3-5-14/h1-12,21H,(H,22,24). The summed E-state index contributed by atoms with van der Waals surface area (Å²) in [5.41, 5.74) is 0.985. The van der Waals surface area contributed by atoms with Gasteiger partial charge in [-0.1, -0.05) is 18.2 Å². The van der Waals surface area contributed by atoms with E-state index in [4.69, 9.17) is 4.74 Å². The number of hydrogen-bond acceptors (Lipinski definition) is 5. The normalized spacial score (nSPS) is 10.1. The molecule has 2 N–H and O–H groups in total. The molecule has 0 fully saturated rings. The van der Waals surface area contributed by atoms with Crippen LogP contribution in [0.5, 0.6) is 5.75 Å². The molecule has 3 aromatic rings. The Bertz CT molecular complexity index is 962. The Kier molecular flexibility index (Phi) is 5.27. The first kappa shape index (κ1) is 17.9. The summed E-state index contributed by atoms with van der Waals surface area (Å²) in [7, 11) is 0. The average Bonchev–Trinajstić information content (AvgIpc) is 2.65. The number of para-hydroxylation sites is 1. The number of halogens is 1. The molecule has 8 heteroatoms. The van der Waals surface area contributed by atoms with E-state index in [0.717, 1.165) is 29.6 Å². The third-order valence-corrected chi connectivity index (χ3v) is 3.52. The van der Waals surface area contributed by atoms with Crippen LogP contribution in [0.15, 0.2) is 72.8 Å². The lowest BCUT2D eigenvalue weighted by molar-refractivity contribution is -0.384. The largest absolute Gasteiger partial charge is 0.417 e. The minimum absolute atomic E-state index is 0.159. The third kappa shape index (κ3) is 4.79. The van der Waals surface area contributed by atoms with Crippen molar-refractivity contribution in [2.45, 2.75) is 0 Å². The first-order chi connectivity index (χ1) is 13.0. The Morgan fingerprint density at radius 3 is 2.30 bits per heavy atom. The lowest BCUT2D eigenvalue weighted by atomic mass is 10.2. The van der Waals surface area contributed by atoms with Crippen LogP contribution in [-0.4, -0.2) is 11.0 Å². The zero-order valence-corrected chi connectivity index (χ0v) is 13.9. The molecule has 7 nitrogen and oxygen atoms in total. The van der Waals surface area contributed by atoms with E-state index in [1.165, 1.54) is 0 Å². The van der Waals surface area contributed by atoms with Crippen molar-refractivity contribution < 1.29 is 18.8 Å². The molecule has 1 amide bonds. The van der Waals surface area contributed by atoms with Crippen molar-refractivity contribution in [2.24, 2.45) is 0 Å². The Morgan fingerprint density at radius 1 is 0.963 bits per heavy atom. The molecule has 0 aliphatic rings. The minimum Gasteiger partial charge on any atom is -0.410 e. The molecule has 3 rings (SSSR count). The van der Waals surface area contributed by atoms with Gasteiger partial charge in [-0.05, 0) is 48.5 Å². The van der Waals surface area contributed by atoms with Gasteiger partial charge in [0.2, 0.25) is 0 Å². The number of anilines is 3. The summed E-state index contributed by atoms with van der Waals surface area (Å²) in [6.45, 7) is 0. The SMILES string of the molecule is O=C(Nc1ccc(F)cc1[N+](=O)[O-])Oc1ccc(Nc2ccccc2)cc1. The summed E-state index contributed by atoms with van der Waals surface area (Å²) >= 11 is 0. The monoisotopic (exact) mass is 367 g/mol. The van der Waals surface area contributed by atoms with Crippen molar-refractivity contribution in [1.29, 1.82) is 0 Å². The molecule has 3 aromatic carbocycles. The fourth-order valence-electron chi connectivity index (χ4n) is 2.30. The maximum atomic E-state index is 13.1. The molecule has 0 aliphatic carbocycles. The number of nitrogens with zero attached hydrogens (tertiary/aromatic N) is 1. The van der Waals surface area contributed by atoms with E-state index in [2.05, 4.69) is 10.6 Å². The summed E-state index contributed by atoms with van der Waals surface area (Å²) in [5, 5.41) is 16.4. The second-order valence-corrected chi connectivity index (χ2v) is 5.45. The van der Waals surface area contributed by atoms with E-state index < -0.39 is 22.5 Å². The van der Waals surface area contributed by atoms with Gasteiger partial charge in [0.15, 0.2) is 0 Å². The number of nitrogens with one attached hydrogen (secondary N) is 2. The average molecular weight is 367 g/mol. The van der Waals surface area contributed by atoms with Gasteiger partial charge in [0.1, 0.15) is 17.3 Å². The van der Waals surface area contributed by atoms with Crippen LogP contribution < -0.4 is 15.4 Å². The number of nitro groups is 1. The topological polar surface area (TPSA) is 93.5 Å². The van der Waals surface area contributed by atoms with Gasteiger partial charge >= 0.3 is 6.09 Å². The number of hydrogen-bond donors (Lipinski definition) is 2. The number of rotatable bonds is 5. The number of carbonyl (C=O) groups is 1. The molecule has 0 atom stereocenters. The van der Waals surface area contributed by atoms with Crippen LogP contribution in [0.2, 0.25) is 0 Å². The molecular weight excluding hydrogens is 353 g/mol. The summed E-state index contributed by atoms with van der Waals surface area (Å²) in [6.07, 6.45) is -0.923. The van der Waals surface area contributed by atoms with Crippen LogP contribution in [-0.2, 0) is 0 Å². The molecule has 0 saturated carbocycles. The van der Waals surface area contributed by atoms with Gasteiger partial charge in [-0.15, -0.1) is 0 Å². The number of carbonyl (C=O) groups excluding carboxylic acids is 1. The summed E-state index contributed by atoms with van der Waals surface area (Å²) in [5.74, 6) is -0.530. The van der Waals surface area contributed by atoms with E-state index in [9.17, 15) is 19.3 Å². The zero-order valence-electron chi connectivity index (χ0n) is 13.9. The second-order valence-electron chi connectivity index (χ2n) is 5.45. The van der Waals surface area contributed by atoms with Crippen molar-refractivity contribution in [3.8, 4) is 5.75 Å². The molecule has 0 saturated heterocycles.